The number of ether oxygens (including phenoxy) is 3. The number of nitrogens with zero attached hydrogens (tertiary/aromatic N) is 1. The lowest BCUT2D eigenvalue weighted by Crippen LogP contribution is -2.02. The van der Waals surface area contributed by atoms with Crippen molar-refractivity contribution in [1.82, 2.24) is 0 Å². The van der Waals surface area contributed by atoms with Gasteiger partial charge in [0.15, 0.2) is 15.6 Å². The molecule has 0 radical (unpaired) electrons. The molecule has 0 saturated carbocycles. The molecular formula is C18H19NO8S. The molecule has 0 atom stereocenters. The fourth-order valence-electron chi connectivity index (χ4n) is 2.51. The van der Waals surface area contributed by atoms with Crippen molar-refractivity contribution in [1.29, 1.82) is 0 Å². The number of nitro benzene ring substituents is 1. The van der Waals surface area contributed by atoms with E-state index in [9.17, 15) is 23.6 Å². The van der Waals surface area contributed by atoms with Gasteiger partial charge in [0.2, 0.25) is 0 Å². The first-order chi connectivity index (χ1) is 13.2. The van der Waals surface area contributed by atoms with E-state index in [0.29, 0.717) is 5.56 Å². The molecule has 0 amide bonds. The second kappa shape index (κ2) is 8.61. The van der Waals surface area contributed by atoms with Crippen LogP contribution in [0, 0.1) is 10.1 Å². The number of phenolic OH excluding ortho intramolecular Hbond substituents is 1. The minimum Gasteiger partial charge on any atom is -0.508 e. The van der Waals surface area contributed by atoms with Crippen molar-refractivity contribution >= 4 is 21.6 Å². The predicted octanol–water partition coefficient (Wildman–Crippen LogP) is 2.91. The van der Waals surface area contributed by atoms with E-state index in [1.54, 1.807) is 0 Å². The zero-order chi connectivity index (χ0) is 20.9. The fraction of sp³-hybridized carbons (Fsp3) is 0.222. The molecule has 1 N–H and O–H groups in total. The van der Waals surface area contributed by atoms with Crippen molar-refractivity contribution < 1.29 is 32.7 Å². The summed E-state index contributed by atoms with van der Waals surface area (Å²) < 4.78 is 40.1. The number of sulfone groups is 1. The highest BCUT2D eigenvalue weighted by Gasteiger charge is 2.18. The highest BCUT2D eigenvalue weighted by Crippen LogP contribution is 2.35. The molecule has 0 aliphatic heterocycles. The Kier molecular flexibility index (Phi) is 6.47. The SMILES string of the molecule is COc1ccc(CS(=O)(=O)/C=C/c2c(OC)cc(O)cc2OC)cc1[N+](=O)[O-]. The zero-order valence-electron chi connectivity index (χ0n) is 15.4. The maximum Gasteiger partial charge on any atom is 0.311 e. The van der Waals surface area contributed by atoms with Gasteiger partial charge in [0.1, 0.15) is 17.2 Å². The normalized spacial score (nSPS) is 11.4. The maximum absolute atomic E-state index is 12.5. The summed E-state index contributed by atoms with van der Waals surface area (Å²) in [7, 11) is 0.262. The van der Waals surface area contributed by atoms with Crippen LogP contribution in [0.2, 0.25) is 0 Å². The molecular weight excluding hydrogens is 390 g/mol. The van der Waals surface area contributed by atoms with E-state index in [-0.39, 0.29) is 34.2 Å². The van der Waals surface area contributed by atoms with Crippen molar-refractivity contribution in [3.8, 4) is 23.0 Å². The molecule has 10 heteroatoms. The highest BCUT2D eigenvalue weighted by atomic mass is 32.2. The number of nitro groups is 1. The molecule has 2 aromatic carbocycles. The molecule has 2 aromatic rings. The maximum atomic E-state index is 12.5. The lowest BCUT2D eigenvalue weighted by Gasteiger charge is -2.11. The van der Waals surface area contributed by atoms with Gasteiger partial charge < -0.3 is 19.3 Å². The number of rotatable bonds is 8. The van der Waals surface area contributed by atoms with Crippen molar-refractivity contribution in [2.75, 3.05) is 21.3 Å². The first-order valence-electron chi connectivity index (χ1n) is 7.88. The average Bonchev–Trinajstić information content (AvgIpc) is 2.65. The Morgan fingerprint density at radius 3 is 2.11 bits per heavy atom. The van der Waals surface area contributed by atoms with Gasteiger partial charge in [-0.2, -0.15) is 0 Å². The van der Waals surface area contributed by atoms with Crippen LogP contribution in [0.25, 0.3) is 6.08 Å². The summed E-state index contributed by atoms with van der Waals surface area (Å²) in [5, 5.41) is 21.7. The van der Waals surface area contributed by atoms with Crippen molar-refractivity contribution in [2.45, 2.75) is 5.75 Å². The van der Waals surface area contributed by atoms with E-state index in [4.69, 9.17) is 14.2 Å². The summed E-state index contributed by atoms with van der Waals surface area (Å²) in [5.74, 6) is -0.0527. The molecule has 2 rings (SSSR count). The van der Waals surface area contributed by atoms with Crippen molar-refractivity contribution in [2.24, 2.45) is 0 Å². The predicted molar refractivity (Wildman–Crippen MR) is 103 cm³/mol. The molecule has 0 saturated heterocycles. The zero-order valence-corrected chi connectivity index (χ0v) is 16.2. The van der Waals surface area contributed by atoms with Crippen LogP contribution in [-0.2, 0) is 15.6 Å². The summed E-state index contributed by atoms with van der Waals surface area (Å²) in [6.07, 6.45) is 1.28. The molecule has 0 bridgehead atoms. The van der Waals surface area contributed by atoms with E-state index in [1.165, 1.54) is 51.7 Å². The van der Waals surface area contributed by atoms with Gasteiger partial charge in [0.05, 0.1) is 37.6 Å². The number of benzene rings is 2. The summed E-state index contributed by atoms with van der Waals surface area (Å²) in [4.78, 5) is 10.4. The second-order valence-electron chi connectivity index (χ2n) is 5.64. The van der Waals surface area contributed by atoms with Gasteiger partial charge >= 0.3 is 5.69 Å². The van der Waals surface area contributed by atoms with E-state index in [1.807, 2.05) is 0 Å². The van der Waals surface area contributed by atoms with Gasteiger partial charge in [-0.15, -0.1) is 0 Å². The third-order valence-corrected chi connectivity index (χ3v) is 5.07. The molecule has 0 aliphatic rings. The first-order valence-corrected chi connectivity index (χ1v) is 9.59. The van der Waals surface area contributed by atoms with Crippen LogP contribution < -0.4 is 14.2 Å². The number of aromatic hydroxyl groups is 1. The van der Waals surface area contributed by atoms with Gasteiger partial charge in [-0.1, -0.05) is 6.07 Å². The summed E-state index contributed by atoms with van der Waals surface area (Å²) in [5.41, 5.74) is 0.245. The van der Waals surface area contributed by atoms with Crippen LogP contribution in [0.4, 0.5) is 5.69 Å². The standard InChI is InChI=1S/C18H19NO8S/c1-25-16-5-4-12(8-15(16)19(21)22)11-28(23,24)7-6-14-17(26-2)9-13(20)10-18(14)27-3/h4-10,20H,11H2,1-3H3/b7-6+. The average molecular weight is 409 g/mol. The third kappa shape index (κ3) is 4.92. The third-order valence-electron chi connectivity index (χ3n) is 3.78. The summed E-state index contributed by atoms with van der Waals surface area (Å²) >= 11 is 0. The minimum absolute atomic E-state index is 0.0419. The van der Waals surface area contributed by atoms with Crippen LogP contribution in [0.5, 0.6) is 23.0 Å². The second-order valence-corrected chi connectivity index (χ2v) is 7.52. The van der Waals surface area contributed by atoms with Gasteiger partial charge in [-0.3, -0.25) is 10.1 Å². The summed E-state index contributed by atoms with van der Waals surface area (Å²) in [6.45, 7) is 0. The van der Waals surface area contributed by atoms with E-state index < -0.39 is 20.5 Å². The van der Waals surface area contributed by atoms with Gasteiger partial charge in [0, 0.05) is 23.6 Å². The Morgan fingerprint density at radius 1 is 1.04 bits per heavy atom. The highest BCUT2D eigenvalue weighted by molar-refractivity contribution is 7.93. The van der Waals surface area contributed by atoms with Crippen LogP contribution >= 0.6 is 0 Å². The monoisotopic (exact) mass is 409 g/mol. The largest absolute Gasteiger partial charge is 0.508 e. The van der Waals surface area contributed by atoms with Crippen LogP contribution in [0.1, 0.15) is 11.1 Å². The van der Waals surface area contributed by atoms with Crippen molar-refractivity contribution in [3.05, 3.63) is 57.0 Å². The van der Waals surface area contributed by atoms with Crippen molar-refractivity contribution in [3.63, 3.8) is 0 Å². The Hall–Kier alpha value is -3.27. The Morgan fingerprint density at radius 2 is 1.61 bits per heavy atom. The van der Waals surface area contributed by atoms with Gasteiger partial charge in [0.25, 0.3) is 0 Å². The molecule has 0 aromatic heterocycles. The molecule has 9 nitrogen and oxygen atoms in total. The lowest BCUT2D eigenvalue weighted by molar-refractivity contribution is -0.385. The number of hydrogen-bond acceptors (Lipinski definition) is 8. The van der Waals surface area contributed by atoms with E-state index in [0.717, 1.165) is 11.5 Å². The molecule has 0 fully saturated rings. The molecule has 0 aliphatic carbocycles. The smallest absolute Gasteiger partial charge is 0.311 e. The number of phenols is 1. The van der Waals surface area contributed by atoms with Crippen LogP contribution in [-0.4, -0.2) is 39.8 Å². The quantitative estimate of drug-likeness (QED) is 0.521. The van der Waals surface area contributed by atoms with Gasteiger partial charge in [-0.05, 0) is 17.7 Å². The Labute approximate surface area is 161 Å². The van der Waals surface area contributed by atoms with E-state index >= 15 is 0 Å². The number of methoxy groups -OCH3 is 3. The molecule has 0 heterocycles. The minimum atomic E-state index is -3.77. The molecule has 150 valence electrons. The van der Waals surface area contributed by atoms with Gasteiger partial charge in [-0.25, -0.2) is 8.42 Å². The Bertz CT molecular complexity index is 989. The lowest BCUT2D eigenvalue weighted by atomic mass is 10.1. The number of hydrogen-bond donors (Lipinski definition) is 1. The molecule has 0 spiro atoms. The fourth-order valence-corrected chi connectivity index (χ4v) is 3.59. The molecule has 28 heavy (non-hydrogen) atoms. The topological polar surface area (TPSA) is 125 Å². The Balaban J connectivity index is 2.35. The van der Waals surface area contributed by atoms with Crippen LogP contribution in [0.3, 0.4) is 0 Å². The van der Waals surface area contributed by atoms with Crippen LogP contribution in [0.15, 0.2) is 35.7 Å². The molecule has 0 unspecified atom stereocenters. The summed E-state index contributed by atoms with van der Waals surface area (Å²) in [6, 6.07) is 6.59. The van der Waals surface area contributed by atoms with E-state index in [2.05, 4.69) is 0 Å². The first kappa shape index (κ1) is 21.0.